The van der Waals surface area contributed by atoms with E-state index in [2.05, 4.69) is 5.32 Å². The van der Waals surface area contributed by atoms with Gasteiger partial charge in [-0.15, -0.1) is 0 Å². The molecular weight excluding hydrogens is 264 g/mol. The van der Waals surface area contributed by atoms with Crippen LogP contribution in [0.5, 0.6) is 0 Å². The van der Waals surface area contributed by atoms with Crippen LogP contribution in [0, 0.1) is 17.0 Å². The molecule has 2 rings (SSSR count). The van der Waals surface area contributed by atoms with E-state index in [1.165, 1.54) is 6.07 Å². The van der Waals surface area contributed by atoms with E-state index in [0.29, 0.717) is 0 Å². The Kier molecular flexibility index (Phi) is 4.38. The summed E-state index contributed by atoms with van der Waals surface area (Å²) in [4.78, 5) is 12.0. The average molecular weight is 283 g/mol. The Hall–Kier alpha value is -1.49. The lowest BCUT2D eigenvalue weighted by Gasteiger charge is -2.30. The maximum atomic E-state index is 13.5. The number of amides is 1. The van der Waals surface area contributed by atoms with Crippen LogP contribution in [-0.2, 0) is 11.2 Å². The molecule has 1 amide bonds. The molecule has 0 saturated heterocycles. The predicted octanol–water partition coefficient (Wildman–Crippen LogP) is 2.17. The Balaban J connectivity index is 2.03. The van der Waals surface area contributed by atoms with Crippen molar-refractivity contribution in [3.05, 3.63) is 35.4 Å². The Bertz CT molecular complexity index is 486. The third kappa shape index (κ3) is 2.98. The van der Waals surface area contributed by atoms with E-state index in [0.717, 1.165) is 31.4 Å². The molecule has 3 nitrogen and oxygen atoms in total. The highest BCUT2D eigenvalue weighted by atomic mass is 19.1. The molecule has 1 saturated carbocycles. The van der Waals surface area contributed by atoms with Gasteiger partial charge in [-0.05, 0) is 25.0 Å². The van der Waals surface area contributed by atoms with Gasteiger partial charge in [0.15, 0.2) is 0 Å². The molecule has 0 heterocycles. The molecule has 2 N–H and O–H groups in total. The molecule has 0 aromatic heterocycles. The lowest BCUT2D eigenvalue weighted by atomic mass is 9.85. The van der Waals surface area contributed by atoms with Crippen LogP contribution in [-0.4, -0.2) is 23.7 Å². The molecular formula is C15H19F2NO2. The van der Waals surface area contributed by atoms with Crippen LogP contribution in [0.15, 0.2) is 18.2 Å². The Labute approximate surface area is 117 Å². The summed E-state index contributed by atoms with van der Waals surface area (Å²) in [6.07, 6.45) is 2.22. The Morgan fingerprint density at radius 2 is 2.10 bits per heavy atom. The molecule has 20 heavy (non-hydrogen) atoms. The van der Waals surface area contributed by atoms with Crippen LogP contribution >= 0.6 is 0 Å². The Morgan fingerprint density at radius 1 is 1.45 bits per heavy atom. The van der Waals surface area contributed by atoms with Crippen molar-refractivity contribution >= 4 is 5.91 Å². The van der Waals surface area contributed by atoms with Gasteiger partial charge < -0.3 is 10.4 Å². The van der Waals surface area contributed by atoms with Crippen molar-refractivity contribution < 1.29 is 18.7 Å². The minimum atomic E-state index is -0.712. The minimum absolute atomic E-state index is 0.00793. The van der Waals surface area contributed by atoms with Gasteiger partial charge in [-0.3, -0.25) is 4.79 Å². The first-order valence-electron chi connectivity index (χ1n) is 6.79. The number of hydrogen-bond donors (Lipinski definition) is 2. The number of rotatable bonds is 4. The molecule has 0 bridgehead atoms. The molecule has 0 spiro atoms. The first-order chi connectivity index (χ1) is 9.46. The lowest BCUT2D eigenvalue weighted by molar-refractivity contribution is -0.122. The monoisotopic (exact) mass is 283 g/mol. The number of hydrogen-bond acceptors (Lipinski definition) is 2. The van der Waals surface area contributed by atoms with E-state index in [4.69, 9.17) is 0 Å². The molecule has 0 aliphatic heterocycles. The van der Waals surface area contributed by atoms with Crippen molar-refractivity contribution in [1.29, 1.82) is 0 Å². The van der Waals surface area contributed by atoms with Gasteiger partial charge >= 0.3 is 0 Å². The second-order valence-electron chi connectivity index (χ2n) is 5.70. The van der Waals surface area contributed by atoms with Crippen molar-refractivity contribution in [1.82, 2.24) is 5.32 Å². The first-order valence-corrected chi connectivity index (χ1v) is 6.79. The summed E-state index contributed by atoms with van der Waals surface area (Å²) < 4.78 is 27.0. The van der Waals surface area contributed by atoms with Crippen LogP contribution in [0.2, 0.25) is 0 Å². The fraction of sp³-hybridized carbons (Fsp3) is 0.533. The van der Waals surface area contributed by atoms with Crippen LogP contribution < -0.4 is 5.32 Å². The number of aliphatic hydroxyl groups excluding tert-OH is 1. The van der Waals surface area contributed by atoms with Gasteiger partial charge in [-0.1, -0.05) is 19.4 Å². The molecule has 0 radical (unpaired) electrons. The molecule has 1 fully saturated rings. The van der Waals surface area contributed by atoms with Crippen LogP contribution in [0.1, 0.15) is 31.7 Å². The van der Waals surface area contributed by atoms with Gasteiger partial charge in [0.25, 0.3) is 0 Å². The summed E-state index contributed by atoms with van der Waals surface area (Å²) in [5, 5.41) is 12.2. The van der Waals surface area contributed by atoms with Crippen molar-refractivity contribution in [2.24, 2.45) is 5.41 Å². The molecule has 1 aromatic carbocycles. The maximum Gasteiger partial charge on any atom is 0.224 e. The number of halogens is 2. The molecule has 1 aromatic rings. The molecule has 5 heteroatoms. The first kappa shape index (κ1) is 14.9. The molecule has 2 atom stereocenters. The summed E-state index contributed by atoms with van der Waals surface area (Å²) in [6.45, 7) is 1.90. The lowest BCUT2D eigenvalue weighted by Crippen LogP contribution is -2.45. The Morgan fingerprint density at radius 3 is 2.70 bits per heavy atom. The highest BCUT2D eigenvalue weighted by Crippen LogP contribution is 2.37. The van der Waals surface area contributed by atoms with Gasteiger partial charge in [-0.2, -0.15) is 0 Å². The topological polar surface area (TPSA) is 49.3 Å². The predicted molar refractivity (Wildman–Crippen MR) is 71.0 cm³/mol. The number of carbonyl (C=O) groups excluding carboxylic acids is 1. The third-order valence-corrected chi connectivity index (χ3v) is 4.18. The zero-order chi connectivity index (χ0) is 14.8. The van der Waals surface area contributed by atoms with Crippen molar-refractivity contribution in [2.45, 2.75) is 38.6 Å². The molecule has 1 aliphatic rings. The highest BCUT2D eigenvalue weighted by Gasteiger charge is 2.39. The average Bonchev–Trinajstić information content (AvgIpc) is 2.76. The normalized spacial score (nSPS) is 25.7. The third-order valence-electron chi connectivity index (χ3n) is 4.18. The van der Waals surface area contributed by atoms with E-state index in [9.17, 15) is 18.7 Å². The zero-order valence-corrected chi connectivity index (χ0v) is 11.5. The van der Waals surface area contributed by atoms with Gasteiger partial charge in [0.1, 0.15) is 11.6 Å². The summed E-state index contributed by atoms with van der Waals surface area (Å²) in [5.41, 5.74) is -0.558. The molecule has 2 unspecified atom stereocenters. The summed E-state index contributed by atoms with van der Waals surface area (Å²) in [6, 6.07) is 3.40. The van der Waals surface area contributed by atoms with Gasteiger partial charge in [-0.25, -0.2) is 8.78 Å². The van der Waals surface area contributed by atoms with E-state index in [-0.39, 0.29) is 30.0 Å². The van der Waals surface area contributed by atoms with Gasteiger partial charge in [0.05, 0.1) is 13.0 Å². The number of carbonyl (C=O) groups is 1. The van der Waals surface area contributed by atoms with E-state index >= 15 is 0 Å². The SMILES string of the molecule is CC1(CO)CCCC1NC(=O)Cc1c(F)cccc1F. The van der Waals surface area contributed by atoms with Crippen molar-refractivity contribution in [3.63, 3.8) is 0 Å². The second kappa shape index (κ2) is 5.87. The van der Waals surface area contributed by atoms with Crippen LogP contribution in [0.4, 0.5) is 8.78 Å². The van der Waals surface area contributed by atoms with Gasteiger partial charge in [0, 0.05) is 17.0 Å². The molecule has 110 valence electrons. The quantitative estimate of drug-likeness (QED) is 0.889. The van der Waals surface area contributed by atoms with Gasteiger partial charge in [0.2, 0.25) is 5.91 Å². The highest BCUT2D eigenvalue weighted by molar-refractivity contribution is 5.79. The molecule has 1 aliphatic carbocycles. The number of nitrogens with one attached hydrogen (secondary N) is 1. The smallest absolute Gasteiger partial charge is 0.224 e. The second-order valence-corrected chi connectivity index (χ2v) is 5.70. The summed E-state index contributed by atoms with van der Waals surface area (Å²) >= 11 is 0. The number of benzene rings is 1. The number of aliphatic hydroxyl groups is 1. The van der Waals surface area contributed by atoms with E-state index < -0.39 is 17.5 Å². The van der Waals surface area contributed by atoms with E-state index in [1.54, 1.807) is 0 Å². The summed E-state index contributed by atoms with van der Waals surface area (Å²) in [5.74, 6) is -1.84. The minimum Gasteiger partial charge on any atom is -0.396 e. The summed E-state index contributed by atoms with van der Waals surface area (Å²) in [7, 11) is 0. The fourth-order valence-electron chi connectivity index (χ4n) is 2.78. The standard InChI is InChI=1S/C15H19F2NO2/c1-15(9-19)7-3-6-13(15)18-14(20)8-10-11(16)4-2-5-12(10)17/h2,4-5,13,19H,3,6-9H2,1H3,(H,18,20). The van der Waals surface area contributed by atoms with E-state index in [1.807, 2.05) is 6.92 Å². The largest absolute Gasteiger partial charge is 0.396 e. The zero-order valence-electron chi connectivity index (χ0n) is 11.5. The van der Waals surface area contributed by atoms with Crippen molar-refractivity contribution in [3.8, 4) is 0 Å². The maximum absolute atomic E-state index is 13.5. The fourth-order valence-corrected chi connectivity index (χ4v) is 2.78. The van der Waals surface area contributed by atoms with Crippen LogP contribution in [0.3, 0.4) is 0 Å². The van der Waals surface area contributed by atoms with Crippen molar-refractivity contribution in [2.75, 3.05) is 6.61 Å². The van der Waals surface area contributed by atoms with Crippen LogP contribution in [0.25, 0.3) is 0 Å².